The fourth-order valence-corrected chi connectivity index (χ4v) is 3.86. The van der Waals surface area contributed by atoms with E-state index in [1.807, 2.05) is 30.3 Å². The average Bonchev–Trinajstić information content (AvgIpc) is 2.99. The number of rotatable bonds is 15. The van der Waals surface area contributed by atoms with E-state index in [0.29, 0.717) is 6.42 Å². The van der Waals surface area contributed by atoms with Crippen molar-refractivity contribution >= 4 is 35.5 Å². The van der Waals surface area contributed by atoms with Crippen LogP contribution in [0.2, 0.25) is 0 Å². The van der Waals surface area contributed by atoms with E-state index in [4.69, 9.17) is 10.5 Å². The van der Waals surface area contributed by atoms with E-state index < -0.39 is 59.8 Å². The monoisotopic (exact) mass is 604 g/mol. The van der Waals surface area contributed by atoms with Gasteiger partial charge in [0.2, 0.25) is 29.5 Å². The minimum atomic E-state index is -1.00. The van der Waals surface area contributed by atoms with Crippen molar-refractivity contribution in [3.05, 3.63) is 35.9 Å². The standard InChI is InChI=1S/C30H48N6O7/c1-10-23(31)28(40)34(7)16-24(37)35(8)20(5)27(39)33-25(18(2)3)29(41)36(9)21(6)26(38)32-19(4)30(42)43-17-22-14-12-11-13-15-22/h11-15,18-21,23,25H,10,16-17,31H2,1-9H3,(H,32,38)(H,33,39)/t19-,20-,21-,23?,25-/m0/s1. The molecule has 0 fully saturated rings. The molecule has 0 aliphatic carbocycles. The minimum absolute atomic E-state index is 0.0602. The third-order valence-electron chi connectivity index (χ3n) is 7.33. The third-order valence-corrected chi connectivity index (χ3v) is 7.33. The zero-order valence-corrected chi connectivity index (χ0v) is 26.7. The van der Waals surface area contributed by atoms with Gasteiger partial charge in [-0.15, -0.1) is 0 Å². The highest BCUT2D eigenvalue weighted by Crippen LogP contribution is 2.11. The molecule has 4 N–H and O–H groups in total. The lowest BCUT2D eigenvalue weighted by Crippen LogP contribution is -2.58. The number of hydrogen-bond donors (Lipinski definition) is 3. The predicted octanol–water partition coefficient (Wildman–Crippen LogP) is 0.265. The molecule has 0 saturated heterocycles. The number of nitrogens with one attached hydrogen (secondary N) is 2. The van der Waals surface area contributed by atoms with E-state index in [2.05, 4.69) is 10.6 Å². The van der Waals surface area contributed by atoms with E-state index >= 15 is 0 Å². The van der Waals surface area contributed by atoms with Crippen molar-refractivity contribution in [2.45, 2.75) is 84.8 Å². The Balaban J connectivity index is 2.78. The second kappa shape index (κ2) is 17.2. The number of benzene rings is 1. The molecule has 43 heavy (non-hydrogen) atoms. The van der Waals surface area contributed by atoms with E-state index in [1.165, 1.54) is 56.6 Å². The first-order valence-electron chi connectivity index (χ1n) is 14.4. The Hall–Kier alpha value is -4.00. The van der Waals surface area contributed by atoms with E-state index in [-0.39, 0.29) is 25.0 Å². The first-order chi connectivity index (χ1) is 20.0. The molecule has 1 aromatic rings. The molecule has 1 unspecified atom stereocenters. The van der Waals surface area contributed by atoms with Crippen LogP contribution in [-0.2, 0) is 40.1 Å². The summed E-state index contributed by atoms with van der Waals surface area (Å²) in [5, 5.41) is 5.26. The van der Waals surface area contributed by atoms with Crippen LogP contribution in [-0.4, -0.2) is 108 Å². The smallest absolute Gasteiger partial charge is 0.328 e. The quantitative estimate of drug-likeness (QED) is 0.239. The number of hydrogen-bond acceptors (Lipinski definition) is 8. The lowest BCUT2D eigenvalue weighted by molar-refractivity contribution is -0.149. The Morgan fingerprint density at radius 3 is 1.88 bits per heavy atom. The molecule has 1 aromatic carbocycles. The van der Waals surface area contributed by atoms with Crippen LogP contribution in [0.1, 0.15) is 53.5 Å². The highest BCUT2D eigenvalue weighted by molar-refractivity contribution is 5.95. The molecule has 13 nitrogen and oxygen atoms in total. The summed E-state index contributed by atoms with van der Waals surface area (Å²) in [6.07, 6.45) is 0.422. The molecule has 240 valence electrons. The molecule has 0 aliphatic heterocycles. The minimum Gasteiger partial charge on any atom is -0.459 e. The zero-order chi connectivity index (χ0) is 33.0. The van der Waals surface area contributed by atoms with Gasteiger partial charge in [0.1, 0.15) is 30.8 Å². The molecule has 0 radical (unpaired) electrons. The first-order valence-corrected chi connectivity index (χ1v) is 14.4. The molecule has 0 bridgehead atoms. The van der Waals surface area contributed by atoms with Gasteiger partial charge in [0.15, 0.2) is 0 Å². The molecular weight excluding hydrogens is 556 g/mol. The first kappa shape index (κ1) is 37.0. The fourth-order valence-electron chi connectivity index (χ4n) is 3.86. The predicted molar refractivity (Wildman–Crippen MR) is 161 cm³/mol. The van der Waals surface area contributed by atoms with Crippen molar-refractivity contribution in [1.29, 1.82) is 0 Å². The van der Waals surface area contributed by atoms with Crippen molar-refractivity contribution in [2.75, 3.05) is 27.7 Å². The highest BCUT2D eigenvalue weighted by atomic mass is 16.5. The van der Waals surface area contributed by atoms with E-state index in [1.54, 1.807) is 20.8 Å². The van der Waals surface area contributed by atoms with Crippen LogP contribution in [0.25, 0.3) is 0 Å². The third kappa shape index (κ3) is 11.0. The van der Waals surface area contributed by atoms with Crippen LogP contribution < -0.4 is 16.4 Å². The van der Waals surface area contributed by atoms with Gasteiger partial charge in [-0.05, 0) is 38.7 Å². The number of esters is 1. The lowest BCUT2D eigenvalue weighted by atomic mass is 10.0. The topological polar surface area (TPSA) is 171 Å². The van der Waals surface area contributed by atoms with Crippen LogP contribution in [0.3, 0.4) is 0 Å². The molecule has 0 heterocycles. The van der Waals surface area contributed by atoms with Gasteiger partial charge in [0.05, 0.1) is 12.6 Å². The SMILES string of the molecule is CCC(N)C(=O)N(C)CC(=O)N(C)[C@@H](C)C(=O)N[C@H](C(=O)N(C)[C@@H](C)C(=O)N[C@@H](C)C(=O)OCc1ccccc1)C(C)C. The van der Waals surface area contributed by atoms with Gasteiger partial charge in [-0.1, -0.05) is 51.1 Å². The summed E-state index contributed by atoms with van der Waals surface area (Å²) in [6.45, 7) is 9.54. The summed E-state index contributed by atoms with van der Waals surface area (Å²) in [5.74, 6) is -3.52. The molecule has 5 atom stereocenters. The van der Waals surface area contributed by atoms with E-state index in [0.717, 1.165) is 5.56 Å². The van der Waals surface area contributed by atoms with Gasteiger partial charge in [-0.2, -0.15) is 0 Å². The zero-order valence-electron chi connectivity index (χ0n) is 26.7. The summed E-state index contributed by atoms with van der Waals surface area (Å²) >= 11 is 0. The second-order valence-electron chi connectivity index (χ2n) is 11.1. The van der Waals surface area contributed by atoms with Gasteiger partial charge in [0, 0.05) is 21.1 Å². The number of ether oxygens (including phenoxy) is 1. The Morgan fingerprint density at radius 1 is 0.814 bits per heavy atom. The molecule has 0 spiro atoms. The Bertz CT molecular complexity index is 1130. The average molecular weight is 605 g/mol. The summed E-state index contributed by atoms with van der Waals surface area (Å²) < 4.78 is 5.26. The molecular formula is C30H48N6O7. The summed E-state index contributed by atoms with van der Waals surface area (Å²) in [5.41, 5.74) is 6.56. The number of amides is 5. The van der Waals surface area contributed by atoms with Crippen molar-refractivity contribution in [2.24, 2.45) is 11.7 Å². The molecule has 0 aromatic heterocycles. The second-order valence-corrected chi connectivity index (χ2v) is 11.1. The molecule has 5 amide bonds. The molecule has 13 heteroatoms. The normalized spacial score (nSPS) is 14.4. The number of carbonyl (C=O) groups is 6. The van der Waals surface area contributed by atoms with Gasteiger partial charge in [-0.3, -0.25) is 24.0 Å². The summed E-state index contributed by atoms with van der Waals surface area (Å²) in [6, 6.07) is 4.50. The number of nitrogens with two attached hydrogens (primary N) is 1. The summed E-state index contributed by atoms with van der Waals surface area (Å²) in [7, 11) is 4.32. The van der Waals surface area contributed by atoms with Crippen molar-refractivity contribution in [3.63, 3.8) is 0 Å². The van der Waals surface area contributed by atoms with Crippen LogP contribution in [0.5, 0.6) is 0 Å². The van der Waals surface area contributed by atoms with Crippen molar-refractivity contribution < 1.29 is 33.5 Å². The van der Waals surface area contributed by atoms with Crippen LogP contribution in [0.4, 0.5) is 0 Å². The van der Waals surface area contributed by atoms with Crippen LogP contribution >= 0.6 is 0 Å². The largest absolute Gasteiger partial charge is 0.459 e. The van der Waals surface area contributed by atoms with E-state index in [9.17, 15) is 28.8 Å². The maximum atomic E-state index is 13.4. The number of carbonyl (C=O) groups excluding carboxylic acids is 6. The Kier molecular flexibility index (Phi) is 14.8. The maximum absolute atomic E-state index is 13.4. The van der Waals surface area contributed by atoms with Gasteiger partial charge < -0.3 is 35.8 Å². The number of nitrogens with zero attached hydrogens (tertiary/aromatic N) is 3. The molecule has 0 aliphatic rings. The Labute approximate surface area is 254 Å². The molecule has 1 rings (SSSR count). The van der Waals surface area contributed by atoms with Crippen LogP contribution in [0, 0.1) is 5.92 Å². The van der Waals surface area contributed by atoms with Crippen molar-refractivity contribution in [1.82, 2.24) is 25.3 Å². The highest BCUT2D eigenvalue weighted by Gasteiger charge is 2.34. The number of likely N-dealkylation sites (N-methyl/N-ethyl adjacent to an activating group) is 3. The van der Waals surface area contributed by atoms with Gasteiger partial charge in [-0.25, -0.2) is 4.79 Å². The van der Waals surface area contributed by atoms with Gasteiger partial charge >= 0.3 is 5.97 Å². The van der Waals surface area contributed by atoms with Crippen LogP contribution in [0.15, 0.2) is 30.3 Å². The molecule has 0 saturated carbocycles. The van der Waals surface area contributed by atoms with Crippen molar-refractivity contribution in [3.8, 4) is 0 Å². The summed E-state index contributed by atoms with van der Waals surface area (Å²) in [4.78, 5) is 80.3. The lowest BCUT2D eigenvalue weighted by Gasteiger charge is -2.33. The van der Waals surface area contributed by atoms with Gasteiger partial charge in [0.25, 0.3) is 0 Å². The maximum Gasteiger partial charge on any atom is 0.328 e. The Morgan fingerprint density at radius 2 is 1.35 bits per heavy atom. The fraction of sp³-hybridized carbons (Fsp3) is 0.600.